The fourth-order valence-corrected chi connectivity index (χ4v) is 4.33. The number of halogens is 1. The summed E-state index contributed by atoms with van der Waals surface area (Å²) in [6, 6.07) is 7.82. The number of aromatic nitrogens is 2. The monoisotopic (exact) mass is 488 g/mol. The summed E-state index contributed by atoms with van der Waals surface area (Å²) in [5, 5.41) is 11.5. The number of imidazole rings is 1. The van der Waals surface area contributed by atoms with Crippen molar-refractivity contribution in [3.8, 4) is 22.8 Å². The molecule has 2 N–H and O–H groups in total. The molecule has 2 aromatic heterocycles. The summed E-state index contributed by atoms with van der Waals surface area (Å²) in [7, 11) is 1.63. The van der Waals surface area contributed by atoms with Crippen LogP contribution in [0.25, 0.3) is 16.9 Å². The molecule has 1 fully saturated rings. The second-order valence-electron chi connectivity index (χ2n) is 7.81. The highest BCUT2D eigenvalue weighted by Gasteiger charge is 2.24. The smallest absolute Gasteiger partial charge is 0.404 e. The normalized spacial score (nSPS) is 16.2. The molecule has 1 aliphatic rings. The number of hydrogen-bond acceptors (Lipinski definition) is 5. The molecule has 4 rings (SSSR count). The van der Waals surface area contributed by atoms with Crippen molar-refractivity contribution in [2.75, 3.05) is 25.1 Å². The van der Waals surface area contributed by atoms with E-state index >= 15 is 0 Å². The molecule has 1 atom stereocenters. The molecule has 31 heavy (non-hydrogen) atoms. The molecule has 9 heteroatoms. The Bertz CT molecular complexity index is 1110. The summed E-state index contributed by atoms with van der Waals surface area (Å²) >= 11 is 3.56. The minimum absolute atomic E-state index is 0.00999. The lowest BCUT2D eigenvalue weighted by Gasteiger charge is -2.18. The third-order valence-corrected chi connectivity index (χ3v) is 5.84. The Morgan fingerprint density at radius 1 is 1.32 bits per heavy atom. The summed E-state index contributed by atoms with van der Waals surface area (Å²) in [6.45, 7) is 5.41. The number of nitrogens with zero attached hydrogens (tertiary/aromatic N) is 3. The molecule has 3 aromatic rings. The Morgan fingerprint density at radius 3 is 2.84 bits per heavy atom. The van der Waals surface area contributed by atoms with E-state index in [4.69, 9.17) is 19.6 Å². The van der Waals surface area contributed by atoms with E-state index in [2.05, 4.69) is 26.1 Å². The third kappa shape index (κ3) is 4.56. The molecule has 164 valence electrons. The SMILES string of the molecule is COc1cc(OC(C)C)c(-c2cn3ccc(N4CCC(NC(=O)O)C4)cc3n2)cc1Br. The molecule has 8 nitrogen and oxygen atoms in total. The zero-order valence-electron chi connectivity index (χ0n) is 17.6. The van der Waals surface area contributed by atoms with Crippen molar-refractivity contribution in [1.82, 2.24) is 14.7 Å². The third-order valence-electron chi connectivity index (χ3n) is 5.22. The van der Waals surface area contributed by atoms with Gasteiger partial charge in [0.2, 0.25) is 0 Å². The van der Waals surface area contributed by atoms with Crippen LogP contribution in [0.15, 0.2) is 41.1 Å². The summed E-state index contributed by atoms with van der Waals surface area (Å²) in [6.07, 6.45) is 3.76. The number of carboxylic acid groups (broad SMARTS) is 1. The van der Waals surface area contributed by atoms with E-state index in [1.165, 1.54) is 0 Å². The van der Waals surface area contributed by atoms with Gasteiger partial charge in [-0.3, -0.25) is 0 Å². The zero-order chi connectivity index (χ0) is 22.1. The number of hydrogen-bond donors (Lipinski definition) is 2. The lowest BCUT2D eigenvalue weighted by atomic mass is 10.1. The van der Waals surface area contributed by atoms with Crippen LogP contribution in [-0.2, 0) is 0 Å². The number of carbonyl (C=O) groups is 1. The summed E-state index contributed by atoms with van der Waals surface area (Å²) < 4.78 is 14.2. The van der Waals surface area contributed by atoms with E-state index in [0.29, 0.717) is 18.0 Å². The molecule has 1 saturated heterocycles. The Hall–Kier alpha value is -2.94. The van der Waals surface area contributed by atoms with Crippen molar-refractivity contribution in [3.05, 3.63) is 41.1 Å². The predicted molar refractivity (Wildman–Crippen MR) is 122 cm³/mol. The summed E-state index contributed by atoms with van der Waals surface area (Å²) in [5.41, 5.74) is 3.50. The van der Waals surface area contributed by atoms with Gasteiger partial charge in [0.25, 0.3) is 0 Å². The maximum atomic E-state index is 10.9. The largest absolute Gasteiger partial charge is 0.495 e. The second kappa shape index (κ2) is 8.66. The number of ether oxygens (including phenoxy) is 2. The van der Waals surface area contributed by atoms with Crippen LogP contribution >= 0.6 is 15.9 Å². The highest BCUT2D eigenvalue weighted by molar-refractivity contribution is 9.10. The van der Waals surface area contributed by atoms with Crippen LogP contribution in [0.4, 0.5) is 10.5 Å². The van der Waals surface area contributed by atoms with Crippen LogP contribution in [0.2, 0.25) is 0 Å². The van der Waals surface area contributed by atoms with Gasteiger partial charge in [0, 0.05) is 48.9 Å². The molecule has 0 aliphatic carbocycles. The lowest BCUT2D eigenvalue weighted by Crippen LogP contribution is -2.36. The maximum Gasteiger partial charge on any atom is 0.404 e. The number of pyridine rings is 1. The summed E-state index contributed by atoms with van der Waals surface area (Å²) in [4.78, 5) is 17.9. The number of nitrogens with one attached hydrogen (secondary N) is 1. The molecule has 1 amide bonds. The van der Waals surface area contributed by atoms with E-state index in [9.17, 15) is 4.79 Å². The quantitative estimate of drug-likeness (QED) is 0.534. The van der Waals surface area contributed by atoms with Crippen LogP contribution in [0, 0.1) is 0 Å². The Morgan fingerprint density at radius 2 is 2.13 bits per heavy atom. The van der Waals surface area contributed by atoms with Gasteiger partial charge in [-0.2, -0.15) is 0 Å². The van der Waals surface area contributed by atoms with Crippen LogP contribution < -0.4 is 19.7 Å². The van der Waals surface area contributed by atoms with E-state index in [-0.39, 0.29) is 12.1 Å². The van der Waals surface area contributed by atoms with Gasteiger partial charge in [0.15, 0.2) is 0 Å². The van der Waals surface area contributed by atoms with Crippen molar-refractivity contribution in [2.45, 2.75) is 32.4 Å². The molecular weight excluding hydrogens is 464 g/mol. The number of amides is 1. The van der Waals surface area contributed by atoms with Gasteiger partial charge in [0.1, 0.15) is 17.1 Å². The zero-order valence-corrected chi connectivity index (χ0v) is 19.2. The maximum absolute atomic E-state index is 10.9. The van der Waals surface area contributed by atoms with Gasteiger partial charge in [-0.25, -0.2) is 9.78 Å². The minimum Gasteiger partial charge on any atom is -0.495 e. The first-order valence-electron chi connectivity index (χ1n) is 10.1. The van der Waals surface area contributed by atoms with E-state index in [0.717, 1.165) is 40.0 Å². The Labute approximate surface area is 188 Å². The van der Waals surface area contributed by atoms with Gasteiger partial charge < -0.3 is 29.2 Å². The average molecular weight is 489 g/mol. The van der Waals surface area contributed by atoms with Crippen LogP contribution in [-0.4, -0.2) is 52.9 Å². The van der Waals surface area contributed by atoms with E-state index in [1.807, 2.05) is 54.9 Å². The number of benzene rings is 1. The van der Waals surface area contributed by atoms with Gasteiger partial charge >= 0.3 is 6.09 Å². The van der Waals surface area contributed by atoms with Gasteiger partial charge in [0.05, 0.1) is 29.4 Å². The first-order chi connectivity index (χ1) is 14.8. The number of methoxy groups -OCH3 is 1. The van der Waals surface area contributed by atoms with E-state index in [1.54, 1.807) is 7.11 Å². The lowest BCUT2D eigenvalue weighted by molar-refractivity contribution is 0.191. The van der Waals surface area contributed by atoms with Crippen molar-refractivity contribution in [2.24, 2.45) is 0 Å². The Kier molecular flexibility index (Phi) is 5.95. The highest BCUT2D eigenvalue weighted by Crippen LogP contribution is 2.39. The van der Waals surface area contributed by atoms with Gasteiger partial charge in [-0.15, -0.1) is 0 Å². The first kappa shape index (κ1) is 21.3. The topological polar surface area (TPSA) is 88.3 Å². The number of rotatable bonds is 6. The molecule has 0 bridgehead atoms. The average Bonchev–Trinajstić information content (AvgIpc) is 3.34. The molecular formula is C22H25BrN4O4. The van der Waals surface area contributed by atoms with Crippen molar-refractivity contribution in [1.29, 1.82) is 0 Å². The predicted octanol–water partition coefficient (Wildman–Crippen LogP) is 4.41. The fraction of sp³-hybridized carbons (Fsp3) is 0.364. The molecule has 3 heterocycles. The molecule has 0 saturated carbocycles. The molecule has 0 radical (unpaired) electrons. The molecule has 1 unspecified atom stereocenters. The fourth-order valence-electron chi connectivity index (χ4n) is 3.83. The molecule has 1 aromatic carbocycles. The number of fused-ring (bicyclic) bond motifs is 1. The highest BCUT2D eigenvalue weighted by atomic mass is 79.9. The van der Waals surface area contributed by atoms with Crippen LogP contribution in [0.1, 0.15) is 20.3 Å². The standard InChI is InChI=1S/C22H25BrN4O4/c1-13(2)31-19-10-20(30-3)17(23)9-16(19)18-12-27-7-5-15(8-21(27)25-18)26-6-4-14(11-26)24-22(28)29/h5,7-10,12-14,24H,4,6,11H2,1-3H3,(H,28,29). The van der Waals surface area contributed by atoms with Gasteiger partial charge in [-0.1, -0.05) is 0 Å². The summed E-state index contributed by atoms with van der Waals surface area (Å²) in [5.74, 6) is 1.41. The van der Waals surface area contributed by atoms with Crippen LogP contribution in [0.5, 0.6) is 11.5 Å². The first-order valence-corrected chi connectivity index (χ1v) is 10.9. The van der Waals surface area contributed by atoms with Crippen molar-refractivity contribution in [3.63, 3.8) is 0 Å². The van der Waals surface area contributed by atoms with Gasteiger partial charge in [-0.05, 0) is 48.3 Å². The minimum atomic E-state index is -0.981. The molecule has 1 aliphatic heterocycles. The number of anilines is 1. The van der Waals surface area contributed by atoms with Crippen molar-refractivity contribution >= 4 is 33.4 Å². The van der Waals surface area contributed by atoms with E-state index < -0.39 is 6.09 Å². The Balaban J connectivity index is 1.66. The molecule has 0 spiro atoms. The van der Waals surface area contributed by atoms with Crippen LogP contribution in [0.3, 0.4) is 0 Å². The van der Waals surface area contributed by atoms with Crippen molar-refractivity contribution < 1.29 is 19.4 Å². The second-order valence-corrected chi connectivity index (χ2v) is 8.66.